The van der Waals surface area contributed by atoms with Gasteiger partial charge in [-0.05, 0) is 43.6 Å². The van der Waals surface area contributed by atoms with Crippen LogP contribution in [0.25, 0.3) is 0 Å². The Kier molecular flexibility index (Phi) is 6.48. The third-order valence-corrected chi connectivity index (χ3v) is 6.18. The second-order valence-electron chi connectivity index (χ2n) is 8.20. The molecule has 150 valence electrons. The Labute approximate surface area is 167 Å². The zero-order valence-corrected chi connectivity index (χ0v) is 17.9. The van der Waals surface area contributed by atoms with Crippen molar-refractivity contribution in [3.8, 4) is 0 Å². The van der Waals surface area contributed by atoms with E-state index in [0.29, 0.717) is 19.2 Å². The minimum Gasteiger partial charge on any atom is -0.383 e. The van der Waals surface area contributed by atoms with Crippen molar-refractivity contribution in [2.24, 2.45) is 0 Å². The fourth-order valence-electron chi connectivity index (χ4n) is 4.12. The third-order valence-electron chi connectivity index (χ3n) is 5.49. The summed E-state index contributed by atoms with van der Waals surface area (Å²) < 4.78 is 8.48. The second-order valence-corrected chi connectivity index (χ2v) is 9.28. The number of nitrogens with zero attached hydrogens (tertiary/aromatic N) is 2. The molecule has 0 unspecified atom stereocenters. The average Bonchev–Trinajstić information content (AvgIpc) is 2.89. The number of ether oxygens (including phenoxy) is 1. The smallest absolute Gasteiger partial charge is 0.241 e. The predicted molar refractivity (Wildman–Crippen MR) is 111 cm³/mol. The van der Waals surface area contributed by atoms with Crippen molar-refractivity contribution in [3.63, 3.8) is 0 Å². The Bertz CT molecular complexity index is 682. The highest BCUT2D eigenvalue weighted by Crippen LogP contribution is 2.42. The number of benzene rings is 1. The van der Waals surface area contributed by atoms with Crippen molar-refractivity contribution in [2.75, 3.05) is 51.8 Å². The number of carbonyl (C=O) groups is 1. The lowest BCUT2D eigenvalue weighted by Crippen LogP contribution is -2.59. The molecule has 2 heterocycles. The first-order chi connectivity index (χ1) is 12.9. The Morgan fingerprint density at radius 2 is 2.22 bits per heavy atom. The molecule has 2 aliphatic rings. The van der Waals surface area contributed by atoms with Crippen LogP contribution in [0.3, 0.4) is 0 Å². The summed E-state index contributed by atoms with van der Waals surface area (Å²) in [4.78, 5) is 18.7. The van der Waals surface area contributed by atoms with Crippen LogP contribution in [0.5, 0.6) is 0 Å². The number of hydrogen-bond donors (Lipinski definition) is 2. The summed E-state index contributed by atoms with van der Waals surface area (Å²) >= 11 is 1.57. The van der Waals surface area contributed by atoms with Gasteiger partial charge in [0.05, 0.1) is 13.2 Å². The van der Waals surface area contributed by atoms with Gasteiger partial charge in [0.25, 0.3) is 0 Å². The fraction of sp³-hybridized carbons (Fsp3) is 0.650. The van der Waals surface area contributed by atoms with Crippen molar-refractivity contribution in [1.29, 1.82) is 0 Å². The number of fused-ring (bicyclic) bond motifs is 1. The number of amides is 1. The van der Waals surface area contributed by atoms with Crippen molar-refractivity contribution in [3.05, 3.63) is 23.8 Å². The van der Waals surface area contributed by atoms with Gasteiger partial charge < -0.3 is 15.0 Å². The van der Waals surface area contributed by atoms with Crippen LogP contribution in [0.1, 0.15) is 26.3 Å². The SMILES string of the molecule is CNSc1ccc2c(c1)N(C(=O)CN1C[C@@H](C)NC[C@@H]1COC)CC2(C)C. The topological polar surface area (TPSA) is 56.8 Å². The molecular weight excluding hydrogens is 360 g/mol. The van der Waals surface area contributed by atoms with Gasteiger partial charge in [-0.3, -0.25) is 14.4 Å². The van der Waals surface area contributed by atoms with E-state index in [1.165, 1.54) is 5.56 Å². The standard InChI is InChI=1S/C20H32N4O2S/c1-14-10-23(15(9-22-14)12-26-5)11-19(25)24-13-20(2,3)17-7-6-16(27-21-4)8-18(17)24/h6-8,14-15,21-22H,9-13H2,1-5H3/t14-,15-/m1/s1. The van der Waals surface area contributed by atoms with E-state index in [4.69, 9.17) is 4.74 Å². The summed E-state index contributed by atoms with van der Waals surface area (Å²) in [5.74, 6) is 0.170. The molecule has 2 aliphatic heterocycles. The van der Waals surface area contributed by atoms with Crippen molar-refractivity contribution >= 4 is 23.5 Å². The summed E-state index contributed by atoms with van der Waals surface area (Å²) in [6.07, 6.45) is 0. The molecule has 0 radical (unpaired) electrons. The number of piperazine rings is 1. The lowest BCUT2D eigenvalue weighted by Gasteiger charge is -2.39. The number of carbonyl (C=O) groups excluding carboxylic acids is 1. The van der Waals surface area contributed by atoms with Crippen molar-refractivity contribution in [1.82, 2.24) is 14.9 Å². The van der Waals surface area contributed by atoms with Gasteiger partial charge in [-0.25, -0.2) is 0 Å². The largest absolute Gasteiger partial charge is 0.383 e. The summed E-state index contributed by atoms with van der Waals surface area (Å²) in [6.45, 7) is 10.1. The maximum atomic E-state index is 13.3. The van der Waals surface area contributed by atoms with Crippen LogP contribution in [0.2, 0.25) is 0 Å². The van der Waals surface area contributed by atoms with Crippen LogP contribution in [0.15, 0.2) is 23.1 Å². The summed E-state index contributed by atoms with van der Waals surface area (Å²) in [6, 6.07) is 7.05. The van der Waals surface area contributed by atoms with E-state index in [2.05, 4.69) is 53.9 Å². The average molecular weight is 393 g/mol. The molecule has 0 saturated carbocycles. The van der Waals surface area contributed by atoms with E-state index < -0.39 is 0 Å². The van der Waals surface area contributed by atoms with E-state index in [9.17, 15) is 4.79 Å². The lowest BCUT2D eigenvalue weighted by molar-refractivity contribution is -0.121. The highest BCUT2D eigenvalue weighted by atomic mass is 32.2. The van der Waals surface area contributed by atoms with E-state index in [0.717, 1.165) is 30.2 Å². The van der Waals surface area contributed by atoms with Gasteiger partial charge in [0, 0.05) is 54.8 Å². The summed E-state index contributed by atoms with van der Waals surface area (Å²) in [5.41, 5.74) is 2.27. The molecular formula is C20H32N4O2S. The quantitative estimate of drug-likeness (QED) is 0.721. The Morgan fingerprint density at radius 1 is 1.44 bits per heavy atom. The Hall–Kier alpha value is -1.12. The zero-order valence-electron chi connectivity index (χ0n) is 17.0. The Morgan fingerprint density at radius 3 is 2.93 bits per heavy atom. The minimum absolute atomic E-state index is 0.0312. The highest BCUT2D eigenvalue weighted by Gasteiger charge is 2.39. The molecule has 1 aromatic carbocycles. The second kappa shape index (κ2) is 8.49. The van der Waals surface area contributed by atoms with E-state index >= 15 is 0 Å². The van der Waals surface area contributed by atoms with Gasteiger partial charge in [-0.2, -0.15) is 0 Å². The first kappa shape index (κ1) is 20.6. The molecule has 1 aromatic rings. The van der Waals surface area contributed by atoms with Crippen LogP contribution in [-0.4, -0.2) is 69.8 Å². The molecule has 27 heavy (non-hydrogen) atoms. The van der Waals surface area contributed by atoms with Gasteiger partial charge >= 0.3 is 0 Å². The lowest BCUT2D eigenvalue weighted by atomic mass is 9.87. The molecule has 0 spiro atoms. The van der Waals surface area contributed by atoms with Gasteiger partial charge in [0.15, 0.2) is 0 Å². The molecule has 3 rings (SSSR count). The van der Waals surface area contributed by atoms with E-state index in [-0.39, 0.29) is 17.4 Å². The molecule has 1 saturated heterocycles. The van der Waals surface area contributed by atoms with Crippen LogP contribution in [-0.2, 0) is 14.9 Å². The third kappa shape index (κ3) is 4.49. The summed E-state index contributed by atoms with van der Waals surface area (Å²) in [7, 11) is 3.63. The number of hydrogen-bond acceptors (Lipinski definition) is 6. The van der Waals surface area contributed by atoms with Crippen molar-refractivity contribution in [2.45, 2.75) is 43.2 Å². The summed E-state index contributed by atoms with van der Waals surface area (Å²) in [5, 5.41) is 3.48. The van der Waals surface area contributed by atoms with E-state index in [1.54, 1.807) is 19.1 Å². The van der Waals surface area contributed by atoms with Gasteiger partial charge in [-0.15, -0.1) is 0 Å². The van der Waals surface area contributed by atoms with Gasteiger partial charge in [-0.1, -0.05) is 19.9 Å². The minimum atomic E-state index is -0.0312. The van der Waals surface area contributed by atoms with Crippen LogP contribution < -0.4 is 14.9 Å². The Balaban J connectivity index is 1.80. The molecule has 6 nitrogen and oxygen atoms in total. The van der Waals surface area contributed by atoms with Crippen molar-refractivity contribution < 1.29 is 9.53 Å². The molecule has 1 amide bonds. The van der Waals surface area contributed by atoms with Crippen LogP contribution >= 0.6 is 11.9 Å². The molecule has 0 aromatic heterocycles. The molecule has 0 aliphatic carbocycles. The zero-order chi connectivity index (χ0) is 19.6. The maximum Gasteiger partial charge on any atom is 0.241 e. The van der Waals surface area contributed by atoms with E-state index in [1.807, 2.05) is 11.9 Å². The van der Waals surface area contributed by atoms with Gasteiger partial charge in [0.1, 0.15) is 0 Å². The molecule has 0 bridgehead atoms. The maximum absolute atomic E-state index is 13.3. The molecule has 1 fully saturated rings. The first-order valence-electron chi connectivity index (χ1n) is 9.60. The van der Waals surface area contributed by atoms with Crippen LogP contribution in [0, 0.1) is 0 Å². The normalized spacial score (nSPS) is 24.9. The number of nitrogens with one attached hydrogen (secondary N) is 2. The number of rotatable bonds is 6. The highest BCUT2D eigenvalue weighted by molar-refractivity contribution is 7.97. The molecule has 2 atom stereocenters. The number of methoxy groups -OCH3 is 1. The molecule has 7 heteroatoms. The first-order valence-corrected chi connectivity index (χ1v) is 10.4. The fourth-order valence-corrected chi connectivity index (χ4v) is 4.66. The van der Waals surface area contributed by atoms with Gasteiger partial charge in [0.2, 0.25) is 5.91 Å². The van der Waals surface area contributed by atoms with Crippen LogP contribution in [0.4, 0.5) is 5.69 Å². The monoisotopic (exact) mass is 392 g/mol. The number of anilines is 1. The predicted octanol–water partition coefficient (Wildman–Crippen LogP) is 1.85. The molecule has 2 N–H and O–H groups in total.